The number of amides is 1. The van der Waals surface area contributed by atoms with Gasteiger partial charge in [0.15, 0.2) is 5.60 Å². The molecule has 0 bridgehead atoms. The molecule has 1 amide bonds. The molecule has 0 aromatic carbocycles. The molecule has 4 heteroatoms. The second-order valence-electron chi connectivity index (χ2n) is 7.50. The number of aliphatic hydroxyl groups is 1. The van der Waals surface area contributed by atoms with Crippen molar-refractivity contribution in [2.24, 2.45) is 11.3 Å². The van der Waals surface area contributed by atoms with Crippen molar-refractivity contribution < 1.29 is 9.90 Å². The Bertz CT molecular complexity index is 334. The third-order valence-electron chi connectivity index (χ3n) is 3.92. The number of likely N-dealkylation sites (tertiary alicyclic amines) is 1. The fraction of sp³-hybridized carbons (Fsp3) is 0.933. The van der Waals surface area contributed by atoms with Gasteiger partial charge in [-0.2, -0.15) is 0 Å². The zero-order chi connectivity index (χ0) is 14.1. The molecule has 2 rings (SSSR count). The monoisotopic (exact) mass is 268 g/mol. The molecular formula is C15H28N2O2. The minimum absolute atomic E-state index is 0.0787. The first-order valence-electron chi connectivity index (χ1n) is 7.53. The average molecular weight is 268 g/mol. The van der Waals surface area contributed by atoms with Gasteiger partial charge in [-0.1, -0.05) is 20.8 Å². The van der Waals surface area contributed by atoms with Crippen molar-refractivity contribution in [3.63, 3.8) is 0 Å². The van der Waals surface area contributed by atoms with Crippen molar-refractivity contribution >= 4 is 5.91 Å². The van der Waals surface area contributed by atoms with Gasteiger partial charge in [0.1, 0.15) is 0 Å². The smallest absolute Gasteiger partial charge is 0.255 e. The highest BCUT2D eigenvalue weighted by molar-refractivity contribution is 5.86. The van der Waals surface area contributed by atoms with E-state index >= 15 is 0 Å². The highest BCUT2D eigenvalue weighted by Gasteiger charge is 2.42. The van der Waals surface area contributed by atoms with Gasteiger partial charge in [-0.3, -0.25) is 4.79 Å². The van der Waals surface area contributed by atoms with Crippen LogP contribution in [0, 0.1) is 11.3 Å². The Labute approximate surface area is 116 Å². The van der Waals surface area contributed by atoms with Gasteiger partial charge in [-0.05, 0) is 43.6 Å². The van der Waals surface area contributed by atoms with Crippen LogP contribution in [-0.2, 0) is 4.79 Å². The zero-order valence-electron chi connectivity index (χ0n) is 12.5. The minimum Gasteiger partial charge on any atom is -0.379 e. The summed E-state index contributed by atoms with van der Waals surface area (Å²) < 4.78 is 0. The maximum atomic E-state index is 12.5. The summed E-state index contributed by atoms with van der Waals surface area (Å²) in [6.07, 6.45) is 4.05. The summed E-state index contributed by atoms with van der Waals surface area (Å²) in [5.74, 6) is 0.685. The molecule has 1 aliphatic heterocycles. The summed E-state index contributed by atoms with van der Waals surface area (Å²) in [7, 11) is 0. The lowest BCUT2D eigenvalue weighted by atomic mass is 9.88. The first-order valence-corrected chi connectivity index (χ1v) is 7.53. The predicted octanol–water partition coefficient (Wildman–Crippen LogP) is 1.39. The molecule has 0 spiro atoms. The van der Waals surface area contributed by atoms with Crippen LogP contribution < -0.4 is 5.32 Å². The minimum atomic E-state index is -1.18. The molecule has 2 N–H and O–H groups in total. The number of carbonyl (C=O) groups excluding carboxylic acids is 1. The van der Waals surface area contributed by atoms with Crippen molar-refractivity contribution in [2.75, 3.05) is 26.2 Å². The van der Waals surface area contributed by atoms with Crippen molar-refractivity contribution in [1.29, 1.82) is 0 Å². The molecule has 1 saturated heterocycles. The lowest BCUT2D eigenvalue weighted by Gasteiger charge is -2.41. The van der Waals surface area contributed by atoms with Crippen molar-refractivity contribution in [3.8, 4) is 0 Å². The highest BCUT2D eigenvalue weighted by atomic mass is 16.3. The van der Waals surface area contributed by atoms with E-state index < -0.39 is 5.60 Å². The third-order valence-corrected chi connectivity index (χ3v) is 3.92. The quantitative estimate of drug-likeness (QED) is 0.792. The van der Waals surface area contributed by atoms with Gasteiger partial charge < -0.3 is 15.3 Å². The van der Waals surface area contributed by atoms with Gasteiger partial charge >= 0.3 is 0 Å². The van der Waals surface area contributed by atoms with Crippen molar-refractivity contribution in [3.05, 3.63) is 0 Å². The van der Waals surface area contributed by atoms with Gasteiger partial charge in [0.2, 0.25) is 0 Å². The molecule has 1 atom stereocenters. The van der Waals surface area contributed by atoms with Gasteiger partial charge in [-0.15, -0.1) is 0 Å². The van der Waals surface area contributed by atoms with Crippen LogP contribution >= 0.6 is 0 Å². The highest BCUT2D eigenvalue weighted by Crippen LogP contribution is 2.29. The molecule has 1 aliphatic carbocycles. The number of rotatable bonds is 5. The second-order valence-corrected chi connectivity index (χ2v) is 7.50. The van der Waals surface area contributed by atoms with Gasteiger partial charge in [0.05, 0.1) is 0 Å². The number of hydrogen-bond donors (Lipinski definition) is 2. The fourth-order valence-corrected chi connectivity index (χ4v) is 2.76. The molecule has 0 aromatic heterocycles. The largest absolute Gasteiger partial charge is 0.379 e. The molecule has 2 fully saturated rings. The molecule has 2 aliphatic rings. The van der Waals surface area contributed by atoms with Gasteiger partial charge in [-0.25, -0.2) is 0 Å². The van der Waals surface area contributed by atoms with Gasteiger partial charge in [0.25, 0.3) is 5.91 Å². The standard InChI is InChI=1S/C15H28N2O2/c1-14(2,3)11-17-8-4-7-15(19,13(17)18)10-16-9-12-5-6-12/h12,16,19H,4-11H2,1-3H3. The van der Waals surface area contributed by atoms with E-state index in [1.165, 1.54) is 12.8 Å². The molecule has 110 valence electrons. The van der Waals surface area contributed by atoms with Crippen LogP contribution in [0.2, 0.25) is 0 Å². The van der Waals surface area contributed by atoms with E-state index in [4.69, 9.17) is 0 Å². The van der Waals surface area contributed by atoms with E-state index in [0.717, 1.165) is 32.0 Å². The van der Waals surface area contributed by atoms with Gasteiger partial charge in [0, 0.05) is 19.6 Å². The molecule has 0 radical (unpaired) electrons. The third kappa shape index (κ3) is 4.18. The molecule has 4 nitrogen and oxygen atoms in total. The van der Waals surface area contributed by atoms with Crippen LogP contribution in [0.5, 0.6) is 0 Å². The molecule has 19 heavy (non-hydrogen) atoms. The maximum absolute atomic E-state index is 12.5. The molecule has 1 unspecified atom stereocenters. The number of piperidine rings is 1. The van der Waals surface area contributed by atoms with E-state index in [-0.39, 0.29) is 11.3 Å². The molecule has 1 saturated carbocycles. The topological polar surface area (TPSA) is 52.6 Å². The first-order chi connectivity index (χ1) is 8.80. The Morgan fingerprint density at radius 3 is 2.68 bits per heavy atom. The molecule has 0 aromatic rings. The SMILES string of the molecule is CC(C)(C)CN1CCCC(O)(CNCC2CC2)C1=O. The summed E-state index contributed by atoms with van der Waals surface area (Å²) in [5, 5.41) is 13.9. The Hall–Kier alpha value is -0.610. The van der Waals surface area contributed by atoms with E-state index in [9.17, 15) is 9.90 Å². The number of hydrogen-bond acceptors (Lipinski definition) is 3. The summed E-state index contributed by atoms with van der Waals surface area (Å²) in [5.41, 5.74) is -1.10. The lowest BCUT2D eigenvalue weighted by molar-refractivity contribution is -0.158. The number of nitrogens with one attached hydrogen (secondary N) is 1. The van der Waals surface area contributed by atoms with Crippen LogP contribution in [0.15, 0.2) is 0 Å². The Kier molecular flexibility index (Phi) is 4.21. The zero-order valence-corrected chi connectivity index (χ0v) is 12.5. The van der Waals surface area contributed by atoms with Crippen molar-refractivity contribution in [1.82, 2.24) is 10.2 Å². The van der Waals surface area contributed by atoms with Crippen LogP contribution in [0.1, 0.15) is 46.5 Å². The first kappa shape index (κ1) is 14.8. The predicted molar refractivity (Wildman–Crippen MR) is 75.8 cm³/mol. The molecule has 1 heterocycles. The van der Waals surface area contributed by atoms with Crippen LogP contribution in [0.25, 0.3) is 0 Å². The summed E-state index contributed by atoms with van der Waals surface area (Å²) in [4.78, 5) is 14.3. The average Bonchev–Trinajstić information content (AvgIpc) is 3.07. The lowest BCUT2D eigenvalue weighted by Crippen LogP contribution is -2.59. The summed E-state index contributed by atoms with van der Waals surface area (Å²) in [6.45, 7) is 9.22. The Morgan fingerprint density at radius 1 is 1.42 bits per heavy atom. The van der Waals surface area contributed by atoms with Crippen LogP contribution in [-0.4, -0.2) is 47.7 Å². The van der Waals surface area contributed by atoms with Crippen LogP contribution in [0.3, 0.4) is 0 Å². The van der Waals surface area contributed by atoms with E-state index in [1.807, 2.05) is 4.90 Å². The van der Waals surface area contributed by atoms with E-state index in [0.29, 0.717) is 13.0 Å². The summed E-state index contributed by atoms with van der Waals surface area (Å²) >= 11 is 0. The van der Waals surface area contributed by atoms with E-state index in [1.54, 1.807) is 0 Å². The molecular weight excluding hydrogens is 240 g/mol. The second kappa shape index (κ2) is 5.41. The van der Waals surface area contributed by atoms with Crippen molar-refractivity contribution in [2.45, 2.75) is 52.1 Å². The fourth-order valence-electron chi connectivity index (χ4n) is 2.76. The Balaban J connectivity index is 1.89. The maximum Gasteiger partial charge on any atom is 0.255 e. The summed E-state index contributed by atoms with van der Waals surface area (Å²) in [6, 6.07) is 0. The normalized spacial score (nSPS) is 28.8. The van der Waals surface area contributed by atoms with E-state index in [2.05, 4.69) is 26.1 Å². The van der Waals surface area contributed by atoms with Crippen LogP contribution in [0.4, 0.5) is 0 Å². The number of carbonyl (C=O) groups is 1. The Morgan fingerprint density at radius 2 is 2.11 bits per heavy atom. The number of nitrogens with zero attached hydrogens (tertiary/aromatic N) is 1.